The van der Waals surface area contributed by atoms with Gasteiger partial charge in [-0.1, -0.05) is 0 Å². The van der Waals surface area contributed by atoms with Crippen LogP contribution in [0.4, 0.5) is 10.1 Å². The second kappa shape index (κ2) is 3.95. The van der Waals surface area contributed by atoms with Gasteiger partial charge >= 0.3 is 5.69 Å². The molecular weight excluding hydrogens is 205 g/mol. The predicted octanol–water partition coefficient (Wildman–Crippen LogP) is 1.75. The first kappa shape index (κ1) is 11.0. The first-order valence-corrected chi connectivity index (χ1v) is 3.91. The third kappa shape index (κ3) is 2.04. The summed E-state index contributed by atoms with van der Waals surface area (Å²) in [5.74, 6) is -1.88. The molecule has 0 saturated carbocycles. The average Bonchev–Trinajstić information content (AvgIpc) is 2.17. The number of benzene rings is 1. The van der Waals surface area contributed by atoms with Crippen LogP contribution in [-0.4, -0.2) is 17.0 Å². The zero-order valence-electron chi connectivity index (χ0n) is 7.69. The van der Waals surface area contributed by atoms with E-state index in [2.05, 4.69) is 0 Å². The van der Waals surface area contributed by atoms with Gasteiger partial charge in [-0.2, -0.15) is 4.39 Å². The minimum absolute atomic E-state index is 0.103. The molecular formula is C9H6FNO4. The SMILES string of the molecule is CC(=O)c1cc(C=O)cc([N+](=O)[O-])c1F. The number of rotatable bonds is 3. The van der Waals surface area contributed by atoms with Gasteiger partial charge in [-0.3, -0.25) is 19.7 Å². The van der Waals surface area contributed by atoms with Crippen molar-refractivity contribution in [1.29, 1.82) is 0 Å². The zero-order valence-corrected chi connectivity index (χ0v) is 7.69. The van der Waals surface area contributed by atoms with Crippen LogP contribution in [0.25, 0.3) is 0 Å². The number of nitrogens with zero attached hydrogens (tertiary/aromatic N) is 1. The molecule has 78 valence electrons. The lowest BCUT2D eigenvalue weighted by Gasteiger charge is -2.00. The average molecular weight is 211 g/mol. The Morgan fingerprint density at radius 3 is 2.53 bits per heavy atom. The summed E-state index contributed by atoms with van der Waals surface area (Å²) in [6.07, 6.45) is 0.318. The third-order valence-corrected chi connectivity index (χ3v) is 1.79. The van der Waals surface area contributed by atoms with Gasteiger partial charge in [-0.25, -0.2) is 0 Å². The predicted molar refractivity (Wildman–Crippen MR) is 48.4 cm³/mol. The van der Waals surface area contributed by atoms with Gasteiger partial charge < -0.3 is 0 Å². The molecule has 1 aromatic rings. The van der Waals surface area contributed by atoms with Crippen molar-refractivity contribution in [2.24, 2.45) is 0 Å². The Labute approximate surface area is 83.7 Å². The molecule has 0 fully saturated rings. The maximum absolute atomic E-state index is 13.3. The van der Waals surface area contributed by atoms with E-state index < -0.39 is 27.8 Å². The number of carbonyl (C=O) groups is 2. The summed E-state index contributed by atoms with van der Waals surface area (Å²) in [5.41, 5.74) is -1.43. The van der Waals surface area contributed by atoms with E-state index in [1.54, 1.807) is 0 Å². The fraction of sp³-hybridized carbons (Fsp3) is 0.111. The monoisotopic (exact) mass is 211 g/mol. The van der Waals surface area contributed by atoms with Crippen molar-refractivity contribution in [3.63, 3.8) is 0 Å². The van der Waals surface area contributed by atoms with Gasteiger partial charge in [0.1, 0.15) is 6.29 Å². The van der Waals surface area contributed by atoms with Crippen LogP contribution in [-0.2, 0) is 0 Å². The lowest BCUT2D eigenvalue weighted by molar-refractivity contribution is -0.387. The minimum atomic E-state index is -1.21. The van der Waals surface area contributed by atoms with Crippen molar-refractivity contribution in [3.8, 4) is 0 Å². The molecule has 0 aliphatic rings. The van der Waals surface area contributed by atoms with Gasteiger partial charge in [0.25, 0.3) is 0 Å². The Morgan fingerprint density at radius 2 is 2.13 bits per heavy atom. The van der Waals surface area contributed by atoms with Crippen molar-refractivity contribution in [3.05, 3.63) is 39.2 Å². The lowest BCUT2D eigenvalue weighted by atomic mass is 10.1. The molecule has 0 unspecified atom stereocenters. The molecule has 0 aliphatic heterocycles. The van der Waals surface area contributed by atoms with E-state index in [-0.39, 0.29) is 5.56 Å². The Hall–Kier alpha value is -2.11. The highest BCUT2D eigenvalue weighted by Crippen LogP contribution is 2.22. The molecule has 1 aromatic carbocycles. The molecule has 0 aliphatic carbocycles. The normalized spacial score (nSPS) is 9.73. The molecule has 0 radical (unpaired) electrons. The van der Waals surface area contributed by atoms with Crippen molar-refractivity contribution in [1.82, 2.24) is 0 Å². The number of hydrogen-bond acceptors (Lipinski definition) is 4. The molecule has 0 amide bonds. The van der Waals surface area contributed by atoms with Crippen molar-refractivity contribution in [2.45, 2.75) is 6.92 Å². The summed E-state index contributed by atoms with van der Waals surface area (Å²) in [4.78, 5) is 30.8. The van der Waals surface area contributed by atoms with Crippen LogP contribution in [0.1, 0.15) is 27.6 Å². The highest BCUT2D eigenvalue weighted by molar-refractivity contribution is 5.96. The minimum Gasteiger partial charge on any atom is -0.298 e. The second-order valence-corrected chi connectivity index (χ2v) is 2.83. The lowest BCUT2D eigenvalue weighted by Crippen LogP contribution is -2.03. The smallest absolute Gasteiger partial charge is 0.298 e. The standard InChI is InChI=1S/C9H6FNO4/c1-5(13)7-2-6(4-12)3-8(9(7)10)11(14)15/h2-4H,1H3. The molecule has 0 aromatic heterocycles. The van der Waals surface area contributed by atoms with Crippen LogP contribution in [0.5, 0.6) is 0 Å². The second-order valence-electron chi connectivity index (χ2n) is 2.83. The maximum atomic E-state index is 13.3. The van der Waals surface area contributed by atoms with Gasteiger partial charge in [0, 0.05) is 11.6 Å². The summed E-state index contributed by atoms with van der Waals surface area (Å²) in [6.45, 7) is 1.07. The van der Waals surface area contributed by atoms with Crippen LogP contribution < -0.4 is 0 Å². The van der Waals surface area contributed by atoms with Crippen molar-refractivity contribution >= 4 is 17.8 Å². The van der Waals surface area contributed by atoms with Crippen LogP contribution >= 0.6 is 0 Å². The van der Waals surface area contributed by atoms with E-state index in [0.717, 1.165) is 19.1 Å². The van der Waals surface area contributed by atoms with E-state index in [1.165, 1.54) is 0 Å². The third-order valence-electron chi connectivity index (χ3n) is 1.79. The van der Waals surface area contributed by atoms with Crippen molar-refractivity contribution in [2.75, 3.05) is 0 Å². The number of carbonyl (C=O) groups excluding carboxylic acids is 2. The number of halogens is 1. The molecule has 0 N–H and O–H groups in total. The Morgan fingerprint density at radius 1 is 1.53 bits per heavy atom. The topological polar surface area (TPSA) is 77.3 Å². The van der Waals surface area contributed by atoms with Gasteiger partial charge in [0.15, 0.2) is 5.78 Å². The van der Waals surface area contributed by atoms with Crippen LogP contribution in [0.3, 0.4) is 0 Å². The zero-order chi connectivity index (χ0) is 11.6. The van der Waals surface area contributed by atoms with Gasteiger partial charge in [-0.05, 0) is 13.0 Å². The van der Waals surface area contributed by atoms with E-state index in [1.807, 2.05) is 0 Å². The van der Waals surface area contributed by atoms with Gasteiger partial charge in [0.05, 0.1) is 10.5 Å². The molecule has 6 heteroatoms. The molecule has 0 saturated heterocycles. The number of nitro benzene ring substituents is 1. The number of ketones is 1. The van der Waals surface area contributed by atoms with E-state index in [0.29, 0.717) is 6.29 Å². The van der Waals surface area contributed by atoms with E-state index in [9.17, 15) is 24.1 Å². The number of Topliss-reactive ketones (excluding diaryl/α,β-unsaturated/α-hetero) is 1. The Kier molecular flexibility index (Phi) is 2.89. The van der Waals surface area contributed by atoms with E-state index >= 15 is 0 Å². The Bertz CT molecular complexity index is 420. The molecule has 0 heterocycles. The number of aldehydes is 1. The fourth-order valence-electron chi connectivity index (χ4n) is 1.09. The highest BCUT2D eigenvalue weighted by Gasteiger charge is 2.21. The molecule has 5 nitrogen and oxygen atoms in total. The summed E-state index contributed by atoms with van der Waals surface area (Å²) in [7, 11) is 0. The summed E-state index contributed by atoms with van der Waals surface area (Å²) in [5, 5.41) is 10.4. The maximum Gasteiger partial charge on any atom is 0.306 e. The molecule has 0 bridgehead atoms. The molecule has 1 rings (SSSR count). The number of nitro groups is 1. The van der Waals surface area contributed by atoms with E-state index in [4.69, 9.17) is 0 Å². The quantitative estimate of drug-likeness (QED) is 0.330. The van der Waals surface area contributed by atoms with Crippen LogP contribution in [0, 0.1) is 15.9 Å². The van der Waals surface area contributed by atoms with Crippen LogP contribution in [0.15, 0.2) is 12.1 Å². The highest BCUT2D eigenvalue weighted by atomic mass is 19.1. The molecule has 0 spiro atoms. The summed E-state index contributed by atoms with van der Waals surface area (Å²) >= 11 is 0. The van der Waals surface area contributed by atoms with Crippen molar-refractivity contribution < 1.29 is 18.9 Å². The Balaban J connectivity index is 3.53. The molecule has 0 atom stereocenters. The summed E-state index contributed by atoms with van der Waals surface area (Å²) in [6, 6.07) is 1.77. The first-order valence-electron chi connectivity index (χ1n) is 3.91. The number of hydrogen-bond donors (Lipinski definition) is 0. The van der Waals surface area contributed by atoms with Crippen LogP contribution in [0.2, 0.25) is 0 Å². The fourth-order valence-corrected chi connectivity index (χ4v) is 1.09. The molecule has 15 heavy (non-hydrogen) atoms. The first-order chi connectivity index (χ1) is 6.97. The largest absolute Gasteiger partial charge is 0.306 e. The van der Waals surface area contributed by atoms with Gasteiger partial charge in [0.2, 0.25) is 5.82 Å². The summed E-state index contributed by atoms with van der Waals surface area (Å²) < 4.78 is 13.3. The van der Waals surface area contributed by atoms with Gasteiger partial charge in [-0.15, -0.1) is 0 Å².